The fourth-order valence-corrected chi connectivity index (χ4v) is 5.14. The average molecular weight is 452 g/mol. The fourth-order valence-electron chi connectivity index (χ4n) is 2.97. The molecular formula is C22H26FO7P. The highest BCUT2D eigenvalue weighted by atomic mass is 31.2. The lowest BCUT2D eigenvalue weighted by Gasteiger charge is -2.34. The van der Waals surface area contributed by atoms with Crippen LogP contribution in [0.5, 0.6) is 0 Å². The molecule has 1 unspecified atom stereocenters. The summed E-state index contributed by atoms with van der Waals surface area (Å²) in [5.74, 6) is -4.77. The summed E-state index contributed by atoms with van der Waals surface area (Å²) in [6.07, 6.45) is -3.15. The van der Waals surface area contributed by atoms with Crippen LogP contribution in [-0.2, 0) is 36.4 Å². The molecule has 0 heterocycles. The first-order valence-electron chi connectivity index (χ1n) is 9.64. The molecule has 0 aliphatic heterocycles. The van der Waals surface area contributed by atoms with Gasteiger partial charge in [0, 0.05) is 5.92 Å². The van der Waals surface area contributed by atoms with Gasteiger partial charge in [-0.05, 0) is 18.1 Å². The van der Waals surface area contributed by atoms with Crippen molar-refractivity contribution in [2.45, 2.75) is 33.2 Å². The van der Waals surface area contributed by atoms with Crippen LogP contribution in [0.1, 0.15) is 25.0 Å². The summed E-state index contributed by atoms with van der Waals surface area (Å²) in [6, 6.07) is 17.6. The van der Waals surface area contributed by atoms with Gasteiger partial charge in [-0.15, -0.1) is 0 Å². The van der Waals surface area contributed by atoms with Gasteiger partial charge >= 0.3 is 19.5 Å². The van der Waals surface area contributed by atoms with Gasteiger partial charge in [-0.1, -0.05) is 67.6 Å². The number of carboxylic acids is 2. The molecule has 0 saturated heterocycles. The Hall–Kier alpha value is -2.54. The number of hydrogen-bond acceptors (Lipinski definition) is 5. The van der Waals surface area contributed by atoms with Crippen molar-refractivity contribution in [2.75, 3.05) is 6.16 Å². The van der Waals surface area contributed by atoms with Gasteiger partial charge in [-0.3, -0.25) is 9.36 Å². The molecule has 0 aliphatic rings. The topological polar surface area (TPSA) is 110 Å². The molecule has 2 aromatic carbocycles. The number of benzene rings is 2. The smallest absolute Gasteiger partial charge is 0.338 e. The number of hydrogen-bond donors (Lipinski definition) is 2. The van der Waals surface area contributed by atoms with E-state index >= 15 is 0 Å². The second-order valence-electron chi connectivity index (χ2n) is 7.54. The Balaban J connectivity index is 2.30. The monoisotopic (exact) mass is 452 g/mol. The van der Waals surface area contributed by atoms with Gasteiger partial charge < -0.3 is 19.3 Å². The molecule has 7 nitrogen and oxygen atoms in total. The SMILES string of the molecule is CC([C@H](F)C(=O)O)[C@@](C)(CP(=O)(OCc1ccccc1)OCc1ccccc1)C(=O)O. The number of halogens is 1. The average Bonchev–Trinajstić information content (AvgIpc) is 2.76. The third-order valence-corrected chi connectivity index (χ3v) is 7.32. The molecule has 0 fully saturated rings. The molecule has 2 N–H and O–H groups in total. The zero-order chi connectivity index (χ0) is 23.1. The molecule has 9 heteroatoms. The molecule has 31 heavy (non-hydrogen) atoms. The van der Waals surface area contributed by atoms with Crippen molar-refractivity contribution in [3.8, 4) is 0 Å². The first-order chi connectivity index (χ1) is 14.6. The van der Waals surface area contributed by atoms with E-state index in [1.165, 1.54) is 0 Å². The number of carboxylic acid groups (broad SMARTS) is 2. The Kier molecular flexibility index (Phi) is 8.51. The van der Waals surface area contributed by atoms with Gasteiger partial charge in [-0.25, -0.2) is 9.18 Å². The molecule has 0 aromatic heterocycles. The quantitative estimate of drug-likeness (QED) is 0.447. The lowest BCUT2D eigenvalue weighted by atomic mass is 9.77. The van der Waals surface area contributed by atoms with Gasteiger partial charge in [0.2, 0.25) is 6.17 Å². The van der Waals surface area contributed by atoms with Crippen molar-refractivity contribution in [3.63, 3.8) is 0 Å². The highest BCUT2D eigenvalue weighted by Gasteiger charge is 2.50. The molecule has 0 aliphatic carbocycles. The lowest BCUT2D eigenvalue weighted by Crippen LogP contribution is -2.44. The first-order valence-corrected chi connectivity index (χ1v) is 11.4. The van der Waals surface area contributed by atoms with E-state index in [0.29, 0.717) is 11.1 Å². The molecule has 0 radical (unpaired) electrons. The van der Waals surface area contributed by atoms with Gasteiger partial charge in [0.25, 0.3) is 0 Å². The molecule has 0 spiro atoms. The number of aliphatic carboxylic acids is 2. The zero-order valence-corrected chi connectivity index (χ0v) is 18.2. The minimum Gasteiger partial charge on any atom is -0.481 e. The lowest BCUT2D eigenvalue weighted by molar-refractivity contribution is -0.156. The highest BCUT2D eigenvalue weighted by molar-refractivity contribution is 7.53. The fraction of sp³-hybridized carbons (Fsp3) is 0.364. The number of alkyl halides is 1. The van der Waals surface area contributed by atoms with E-state index in [-0.39, 0.29) is 13.2 Å². The number of carbonyl (C=O) groups is 2. The van der Waals surface area contributed by atoms with E-state index in [9.17, 15) is 23.7 Å². The summed E-state index contributed by atoms with van der Waals surface area (Å²) in [5.41, 5.74) is -0.643. The van der Waals surface area contributed by atoms with Gasteiger partial charge in [0.1, 0.15) is 0 Å². The summed E-state index contributed by atoms with van der Waals surface area (Å²) >= 11 is 0. The van der Waals surface area contributed by atoms with Crippen molar-refractivity contribution in [3.05, 3.63) is 71.8 Å². The second-order valence-corrected chi connectivity index (χ2v) is 9.59. The number of rotatable bonds is 12. The third-order valence-electron chi connectivity index (χ3n) is 5.23. The van der Waals surface area contributed by atoms with E-state index in [4.69, 9.17) is 14.2 Å². The third kappa shape index (κ3) is 6.72. The van der Waals surface area contributed by atoms with E-state index < -0.39 is 43.2 Å². The Bertz CT molecular complexity index is 874. The maximum Gasteiger partial charge on any atom is 0.338 e. The van der Waals surface area contributed by atoms with E-state index in [2.05, 4.69) is 0 Å². The molecule has 2 rings (SSSR count). The van der Waals surface area contributed by atoms with Crippen LogP contribution in [0.3, 0.4) is 0 Å². The van der Waals surface area contributed by atoms with E-state index in [0.717, 1.165) is 13.8 Å². The molecular weight excluding hydrogens is 426 g/mol. The zero-order valence-electron chi connectivity index (χ0n) is 17.3. The van der Waals surface area contributed by atoms with Gasteiger partial charge in [0.15, 0.2) is 0 Å². The molecule has 0 amide bonds. The van der Waals surface area contributed by atoms with Crippen molar-refractivity contribution in [2.24, 2.45) is 11.3 Å². The van der Waals surface area contributed by atoms with Crippen molar-refractivity contribution in [1.29, 1.82) is 0 Å². The Labute approximate surface area is 180 Å². The predicted octanol–water partition coefficient (Wildman–Crippen LogP) is 4.76. The summed E-state index contributed by atoms with van der Waals surface area (Å²) < 4.78 is 39.0. The van der Waals surface area contributed by atoms with Crippen LogP contribution >= 0.6 is 7.60 Å². The van der Waals surface area contributed by atoms with Gasteiger partial charge in [0.05, 0.1) is 24.8 Å². The standard InChI is InChI=1S/C22H26FO7P/c1-16(19(23)20(24)25)22(2,21(26)27)15-31(28,29-13-17-9-5-3-6-10-17)30-14-18-11-7-4-8-12-18/h3-12,16,19H,13-15H2,1-2H3,(H,24,25)(H,26,27)/t16?,19-,22+/m0/s1. The van der Waals surface area contributed by atoms with Crippen LogP contribution in [0.2, 0.25) is 0 Å². The normalized spacial score (nSPS) is 15.6. The maximum absolute atomic E-state index is 14.2. The van der Waals surface area contributed by atoms with Crippen molar-refractivity contribution < 1.29 is 37.8 Å². The summed E-state index contributed by atoms with van der Waals surface area (Å²) in [5, 5.41) is 18.8. The van der Waals surface area contributed by atoms with Crippen molar-refractivity contribution >= 4 is 19.5 Å². The Morgan fingerprint density at radius 3 is 1.74 bits per heavy atom. The molecule has 2 aromatic rings. The maximum atomic E-state index is 14.2. The Morgan fingerprint density at radius 1 is 0.968 bits per heavy atom. The molecule has 3 atom stereocenters. The van der Waals surface area contributed by atoms with E-state index in [1.54, 1.807) is 60.7 Å². The predicted molar refractivity (Wildman–Crippen MR) is 112 cm³/mol. The van der Waals surface area contributed by atoms with Crippen molar-refractivity contribution in [1.82, 2.24) is 0 Å². The molecule has 168 valence electrons. The summed E-state index contributed by atoms with van der Waals surface area (Å²) in [7, 11) is -4.09. The summed E-state index contributed by atoms with van der Waals surface area (Å²) in [6.45, 7) is 2.08. The minimum absolute atomic E-state index is 0.116. The largest absolute Gasteiger partial charge is 0.481 e. The van der Waals surface area contributed by atoms with Crippen LogP contribution in [-0.4, -0.2) is 34.5 Å². The molecule has 0 saturated carbocycles. The van der Waals surface area contributed by atoms with Crippen LogP contribution in [0, 0.1) is 11.3 Å². The van der Waals surface area contributed by atoms with Crippen LogP contribution < -0.4 is 0 Å². The van der Waals surface area contributed by atoms with Crippen LogP contribution in [0.25, 0.3) is 0 Å². The van der Waals surface area contributed by atoms with E-state index in [1.807, 2.05) is 0 Å². The second kappa shape index (κ2) is 10.7. The minimum atomic E-state index is -4.09. The highest BCUT2D eigenvalue weighted by Crippen LogP contribution is 2.56. The summed E-state index contributed by atoms with van der Waals surface area (Å²) in [4.78, 5) is 23.1. The first kappa shape index (κ1) is 24.7. The van der Waals surface area contributed by atoms with Crippen LogP contribution in [0.4, 0.5) is 4.39 Å². The van der Waals surface area contributed by atoms with Crippen LogP contribution in [0.15, 0.2) is 60.7 Å². The Morgan fingerprint density at radius 2 is 1.39 bits per heavy atom. The van der Waals surface area contributed by atoms with Gasteiger partial charge in [-0.2, -0.15) is 0 Å². The molecule has 0 bridgehead atoms.